The van der Waals surface area contributed by atoms with E-state index in [2.05, 4.69) is 25.2 Å². The van der Waals surface area contributed by atoms with E-state index in [1.807, 2.05) is 26.0 Å². The van der Waals surface area contributed by atoms with Crippen molar-refractivity contribution in [1.82, 2.24) is 25.2 Å². The van der Waals surface area contributed by atoms with Gasteiger partial charge in [0, 0.05) is 38.3 Å². The van der Waals surface area contributed by atoms with E-state index in [0.717, 1.165) is 35.7 Å². The highest BCUT2D eigenvalue weighted by Crippen LogP contribution is 2.31. The summed E-state index contributed by atoms with van der Waals surface area (Å²) in [7, 11) is 1.71. The molecule has 1 saturated heterocycles. The molecular formula is C18H25N5O2. The van der Waals surface area contributed by atoms with Gasteiger partial charge in [0.15, 0.2) is 0 Å². The van der Waals surface area contributed by atoms with Crippen LogP contribution in [0.25, 0.3) is 0 Å². The van der Waals surface area contributed by atoms with Gasteiger partial charge in [0.05, 0.1) is 24.4 Å². The Morgan fingerprint density at radius 2 is 2.32 bits per heavy atom. The molecule has 0 aliphatic carbocycles. The fourth-order valence-corrected chi connectivity index (χ4v) is 3.17. The molecular weight excluding hydrogens is 318 g/mol. The average molecular weight is 343 g/mol. The monoisotopic (exact) mass is 343 g/mol. The lowest BCUT2D eigenvalue weighted by molar-refractivity contribution is -0.122. The minimum atomic E-state index is -0.00870. The second kappa shape index (κ2) is 7.76. The van der Waals surface area contributed by atoms with Crippen LogP contribution in [0.5, 0.6) is 0 Å². The van der Waals surface area contributed by atoms with Crippen molar-refractivity contribution < 1.29 is 9.53 Å². The van der Waals surface area contributed by atoms with E-state index in [4.69, 9.17) is 4.74 Å². The standard InChI is InChI=1S/C18H25N5O2/c1-12-13(2)22-18(21-12)16-7-15(25-3)10-23(16)11-17(24)20-9-14-5-4-6-19-8-14/h4-6,8,15-16H,7,9-11H2,1-3H3,(H,20,24)(H,21,22)/t15-,16+/m1/s1. The van der Waals surface area contributed by atoms with E-state index in [1.54, 1.807) is 19.5 Å². The van der Waals surface area contributed by atoms with E-state index in [1.165, 1.54) is 0 Å². The van der Waals surface area contributed by atoms with Crippen LogP contribution < -0.4 is 5.32 Å². The molecule has 1 aliphatic rings. The Balaban J connectivity index is 1.63. The van der Waals surface area contributed by atoms with Gasteiger partial charge in [-0.1, -0.05) is 6.07 Å². The lowest BCUT2D eigenvalue weighted by Crippen LogP contribution is -2.37. The highest BCUT2D eigenvalue weighted by molar-refractivity contribution is 5.78. The fourth-order valence-electron chi connectivity index (χ4n) is 3.17. The Labute approximate surface area is 147 Å². The zero-order valence-electron chi connectivity index (χ0n) is 15.0. The minimum Gasteiger partial charge on any atom is -0.380 e. The van der Waals surface area contributed by atoms with Gasteiger partial charge in [-0.3, -0.25) is 14.7 Å². The molecule has 0 bridgehead atoms. The third-order valence-corrected chi connectivity index (χ3v) is 4.72. The minimum absolute atomic E-state index is 0.00870. The van der Waals surface area contributed by atoms with E-state index >= 15 is 0 Å². The number of ether oxygens (including phenoxy) is 1. The molecule has 1 amide bonds. The van der Waals surface area contributed by atoms with Crippen molar-refractivity contribution in [3.05, 3.63) is 47.3 Å². The molecule has 0 unspecified atom stereocenters. The van der Waals surface area contributed by atoms with Crippen LogP contribution in [-0.4, -0.2) is 52.1 Å². The van der Waals surface area contributed by atoms with Crippen molar-refractivity contribution in [3.8, 4) is 0 Å². The maximum atomic E-state index is 12.4. The molecule has 2 N–H and O–H groups in total. The number of rotatable bonds is 6. The van der Waals surface area contributed by atoms with E-state index < -0.39 is 0 Å². The number of carbonyl (C=O) groups is 1. The van der Waals surface area contributed by atoms with E-state index in [9.17, 15) is 4.79 Å². The van der Waals surface area contributed by atoms with Crippen LogP contribution in [-0.2, 0) is 16.1 Å². The number of imidazole rings is 1. The van der Waals surface area contributed by atoms with Crippen molar-refractivity contribution in [2.24, 2.45) is 0 Å². The first-order chi connectivity index (χ1) is 12.1. The Bertz CT molecular complexity index is 696. The van der Waals surface area contributed by atoms with Gasteiger partial charge >= 0.3 is 0 Å². The molecule has 7 heteroatoms. The molecule has 1 aliphatic heterocycles. The lowest BCUT2D eigenvalue weighted by Gasteiger charge is -2.22. The summed E-state index contributed by atoms with van der Waals surface area (Å²) in [5, 5.41) is 2.96. The highest BCUT2D eigenvalue weighted by Gasteiger charge is 2.36. The molecule has 0 radical (unpaired) electrons. The van der Waals surface area contributed by atoms with Crippen molar-refractivity contribution in [1.29, 1.82) is 0 Å². The maximum Gasteiger partial charge on any atom is 0.234 e. The van der Waals surface area contributed by atoms with Crippen LogP contribution in [0, 0.1) is 13.8 Å². The van der Waals surface area contributed by atoms with Gasteiger partial charge < -0.3 is 15.0 Å². The molecule has 2 atom stereocenters. The zero-order valence-corrected chi connectivity index (χ0v) is 15.0. The number of nitrogens with zero attached hydrogens (tertiary/aromatic N) is 3. The predicted octanol–water partition coefficient (Wildman–Crippen LogP) is 1.50. The fraction of sp³-hybridized carbons (Fsp3) is 0.500. The Kier molecular flexibility index (Phi) is 5.45. The summed E-state index contributed by atoms with van der Waals surface area (Å²) >= 11 is 0. The number of carbonyl (C=O) groups excluding carboxylic acids is 1. The van der Waals surface area contributed by atoms with Gasteiger partial charge in [-0.2, -0.15) is 0 Å². The van der Waals surface area contributed by atoms with Crippen LogP contribution in [0.15, 0.2) is 24.5 Å². The number of pyridine rings is 1. The smallest absolute Gasteiger partial charge is 0.234 e. The summed E-state index contributed by atoms with van der Waals surface area (Å²) < 4.78 is 5.52. The lowest BCUT2D eigenvalue weighted by atomic mass is 10.2. The quantitative estimate of drug-likeness (QED) is 0.830. The molecule has 0 saturated carbocycles. The number of aromatic amines is 1. The van der Waals surface area contributed by atoms with Crippen LogP contribution in [0.4, 0.5) is 0 Å². The molecule has 0 aromatic carbocycles. The average Bonchev–Trinajstić information content (AvgIpc) is 3.17. The molecule has 0 spiro atoms. The molecule has 134 valence electrons. The van der Waals surface area contributed by atoms with Crippen LogP contribution in [0.3, 0.4) is 0 Å². The van der Waals surface area contributed by atoms with Crippen LogP contribution in [0.1, 0.15) is 35.2 Å². The molecule has 1 fully saturated rings. The van der Waals surface area contributed by atoms with Gasteiger partial charge in [0.2, 0.25) is 5.91 Å². The van der Waals surface area contributed by atoms with E-state index in [0.29, 0.717) is 13.1 Å². The van der Waals surface area contributed by atoms with Gasteiger partial charge in [-0.25, -0.2) is 4.98 Å². The van der Waals surface area contributed by atoms with E-state index in [-0.39, 0.29) is 18.1 Å². The SMILES string of the molecule is CO[C@@H]1C[C@@H](c2nc(C)c(C)[nH]2)N(CC(=O)NCc2cccnc2)C1. The Hall–Kier alpha value is -2.25. The summed E-state index contributed by atoms with van der Waals surface area (Å²) in [6.45, 7) is 5.53. The van der Waals surface area contributed by atoms with Gasteiger partial charge in [-0.05, 0) is 31.9 Å². The number of methoxy groups -OCH3 is 1. The topological polar surface area (TPSA) is 83.1 Å². The number of likely N-dealkylation sites (tertiary alicyclic amines) is 1. The number of nitrogens with one attached hydrogen (secondary N) is 2. The Morgan fingerprint density at radius 1 is 1.48 bits per heavy atom. The predicted molar refractivity (Wildman–Crippen MR) is 93.9 cm³/mol. The zero-order chi connectivity index (χ0) is 17.8. The highest BCUT2D eigenvalue weighted by atomic mass is 16.5. The molecule has 2 aromatic heterocycles. The van der Waals surface area contributed by atoms with Crippen molar-refractivity contribution in [2.45, 2.75) is 39.0 Å². The van der Waals surface area contributed by atoms with Gasteiger partial charge in [0.1, 0.15) is 5.82 Å². The molecule has 3 rings (SSSR count). The largest absolute Gasteiger partial charge is 0.380 e. The van der Waals surface area contributed by atoms with Crippen molar-refractivity contribution in [3.63, 3.8) is 0 Å². The third-order valence-electron chi connectivity index (χ3n) is 4.72. The molecule has 3 heterocycles. The van der Waals surface area contributed by atoms with Crippen molar-refractivity contribution in [2.75, 3.05) is 20.2 Å². The summed E-state index contributed by atoms with van der Waals surface area (Å²) in [4.78, 5) is 26.5. The second-order valence-corrected chi connectivity index (χ2v) is 6.51. The number of H-pyrrole nitrogens is 1. The Morgan fingerprint density at radius 3 is 2.96 bits per heavy atom. The summed E-state index contributed by atoms with van der Waals surface area (Å²) in [5.41, 5.74) is 3.05. The summed E-state index contributed by atoms with van der Waals surface area (Å²) in [6.07, 6.45) is 4.42. The number of hydrogen-bond acceptors (Lipinski definition) is 5. The number of aromatic nitrogens is 3. The first kappa shape index (κ1) is 17.6. The third kappa shape index (κ3) is 4.24. The second-order valence-electron chi connectivity index (χ2n) is 6.51. The summed E-state index contributed by atoms with van der Waals surface area (Å²) in [5.74, 6) is 0.903. The number of hydrogen-bond donors (Lipinski definition) is 2. The molecule has 2 aromatic rings. The molecule has 7 nitrogen and oxygen atoms in total. The first-order valence-electron chi connectivity index (χ1n) is 8.52. The maximum absolute atomic E-state index is 12.4. The number of aryl methyl sites for hydroxylation is 2. The number of amides is 1. The van der Waals surface area contributed by atoms with Crippen molar-refractivity contribution >= 4 is 5.91 Å². The van der Waals surface area contributed by atoms with Crippen LogP contribution >= 0.6 is 0 Å². The first-order valence-corrected chi connectivity index (χ1v) is 8.52. The summed E-state index contributed by atoms with van der Waals surface area (Å²) in [6, 6.07) is 3.88. The van der Waals surface area contributed by atoms with Gasteiger partial charge in [0.25, 0.3) is 0 Å². The van der Waals surface area contributed by atoms with Crippen LogP contribution in [0.2, 0.25) is 0 Å². The normalized spacial score (nSPS) is 20.8. The molecule has 25 heavy (non-hydrogen) atoms. The van der Waals surface area contributed by atoms with Gasteiger partial charge in [-0.15, -0.1) is 0 Å².